The van der Waals surface area contributed by atoms with Crippen LogP contribution in [0.2, 0.25) is 0 Å². The normalized spacial score (nSPS) is 22.6. The zero-order valence-corrected chi connectivity index (χ0v) is 18.5. The second-order valence-corrected chi connectivity index (χ2v) is 9.84. The van der Waals surface area contributed by atoms with Gasteiger partial charge in [0.15, 0.2) is 5.69 Å². The molecule has 5 rings (SSSR count). The Labute approximate surface area is 179 Å². The van der Waals surface area contributed by atoms with E-state index < -0.39 is 0 Å². The highest BCUT2D eigenvalue weighted by atomic mass is 16.5. The summed E-state index contributed by atoms with van der Waals surface area (Å²) in [6.07, 6.45) is 7.81. The van der Waals surface area contributed by atoms with E-state index in [4.69, 9.17) is 4.52 Å². The van der Waals surface area contributed by atoms with Gasteiger partial charge in [-0.05, 0) is 77.1 Å². The molecule has 1 aromatic carbocycles. The summed E-state index contributed by atoms with van der Waals surface area (Å²) in [7, 11) is 0. The fourth-order valence-electron chi connectivity index (χ4n) is 6.09. The molecule has 0 bridgehead atoms. The van der Waals surface area contributed by atoms with Crippen LogP contribution in [0.1, 0.15) is 72.8 Å². The monoisotopic (exact) mass is 407 g/mol. The van der Waals surface area contributed by atoms with Crippen molar-refractivity contribution in [1.29, 1.82) is 0 Å². The van der Waals surface area contributed by atoms with Gasteiger partial charge in [0.05, 0.1) is 0 Å². The molecule has 5 heteroatoms. The largest absolute Gasteiger partial charge is 0.361 e. The molecule has 1 unspecified atom stereocenters. The van der Waals surface area contributed by atoms with Crippen molar-refractivity contribution in [3.8, 4) is 0 Å². The number of hydrogen-bond donors (Lipinski definition) is 0. The average molecular weight is 408 g/mol. The van der Waals surface area contributed by atoms with Crippen molar-refractivity contribution in [2.75, 3.05) is 24.5 Å². The van der Waals surface area contributed by atoms with Gasteiger partial charge in [-0.3, -0.25) is 4.79 Å². The third-order valence-corrected chi connectivity index (χ3v) is 7.98. The standard InChI is InChI=1S/C25H33N3O2/c1-17-8-9-23-21(14-17)25(16-28(23)24(29)22-15-18(2)30-26-22)10-12-27(13-11-25)19(3)20-6-4-5-7-20/h8-9,14-15,19-20H,4-7,10-13,16H2,1-3H3. The summed E-state index contributed by atoms with van der Waals surface area (Å²) in [5.41, 5.74) is 4.14. The van der Waals surface area contributed by atoms with E-state index >= 15 is 0 Å². The van der Waals surface area contributed by atoms with Gasteiger partial charge >= 0.3 is 0 Å². The van der Waals surface area contributed by atoms with E-state index in [1.807, 2.05) is 11.8 Å². The van der Waals surface area contributed by atoms with Crippen LogP contribution < -0.4 is 4.90 Å². The highest BCUT2D eigenvalue weighted by molar-refractivity contribution is 6.06. The second-order valence-electron chi connectivity index (χ2n) is 9.84. The number of piperidine rings is 1. The zero-order chi connectivity index (χ0) is 20.9. The fourth-order valence-corrected chi connectivity index (χ4v) is 6.09. The Morgan fingerprint density at radius 2 is 1.90 bits per heavy atom. The number of aryl methyl sites for hydroxylation is 2. The lowest BCUT2D eigenvalue weighted by molar-refractivity contribution is 0.0901. The molecule has 3 heterocycles. The predicted octanol–water partition coefficient (Wildman–Crippen LogP) is 4.86. The maximum atomic E-state index is 13.3. The predicted molar refractivity (Wildman–Crippen MR) is 118 cm³/mol. The summed E-state index contributed by atoms with van der Waals surface area (Å²) in [4.78, 5) is 17.9. The van der Waals surface area contributed by atoms with Crippen molar-refractivity contribution >= 4 is 11.6 Å². The van der Waals surface area contributed by atoms with Crippen molar-refractivity contribution in [1.82, 2.24) is 10.1 Å². The molecule has 1 spiro atoms. The summed E-state index contributed by atoms with van der Waals surface area (Å²) in [6.45, 7) is 9.41. The van der Waals surface area contributed by atoms with Crippen LogP contribution in [0, 0.1) is 19.8 Å². The Morgan fingerprint density at radius 1 is 1.17 bits per heavy atom. The van der Waals surface area contributed by atoms with E-state index in [0.29, 0.717) is 17.5 Å². The minimum atomic E-state index is -0.0458. The van der Waals surface area contributed by atoms with Gasteiger partial charge in [-0.1, -0.05) is 35.7 Å². The third-order valence-electron chi connectivity index (χ3n) is 7.98. The van der Waals surface area contributed by atoms with Crippen molar-refractivity contribution in [2.45, 2.75) is 70.8 Å². The molecule has 0 radical (unpaired) electrons. The number of carbonyl (C=O) groups excluding carboxylic acids is 1. The van der Waals surface area contributed by atoms with Crippen LogP contribution >= 0.6 is 0 Å². The highest BCUT2D eigenvalue weighted by Gasteiger charge is 2.47. The Hall–Kier alpha value is -2.14. The molecular formula is C25H33N3O2. The fraction of sp³-hybridized carbons (Fsp3) is 0.600. The first-order valence-corrected chi connectivity index (χ1v) is 11.6. The summed E-state index contributed by atoms with van der Waals surface area (Å²) in [5.74, 6) is 1.49. The molecule has 1 aliphatic carbocycles. The van der Waals surface area contributed by atoms with Gasteiger partial charge < -0.3 is 14.3 Å². The molecule has 1 amide bonds. The number of nitrogens with zero attached hydrogens (tertiary/aromatic N) is 3. The zero-order valence-electron chi connectivity index (χ0n) is 18.5. The number of amides is 1. The van der Waals surface area contributed by atoms with Crippen molar-refractivity contribution in [3.05, 3.63) is 46.8 Å². The smallest absolute Gasteiger partial charge is 0.280 e. The molecule has 1 saturated carbocycles. The van der Waals surface area contributed by atoms with Crippen LogP contribution in [0.5, 0.6) is 0 Å². The van der Waals surface area contributed by atoms with Crippen LogP contribution in [0.15, 0.2) is 28.8 Å². The van der Waals surface area contributed by atoms with E-state index in [-0.39, 0.29) is 11.3 Å². The maximum absolute atomic E-state index is 13.3. The lowest BCUT2D eigenvalue weighted by Gasteiger charge is -2.43. The van der Waals surface area contributed by atoms with Gasteiger partial charge in [-0.15, -0.1) is 0 Å². The number of aromatic nitrogens is 1. The second kappa shape index (κ2) is 7.52. The Bertz CT molecular complexity index is 936. The van der Waals surface area contributed by atoms with Gasteiger partial charge in [0.25, 0.3) is 5.91 Å². The van der Waals surface area contributed by atoms with E-state index in [1.165, 1.54) is 36.8 Å². The Morgan fingerprint density at radius 3 is 2.57 bits per heavy atom. The van der Waals surface area contributed by atoms with Gasteiger partial charge in [-0.25, -0.2) is 0 Å². The molecule has 2 aliphatic heterocycles. The molecule has 30 heavy (non-hydrogen) atoms. The summed E-state index contributed by atoms with van der Waals surface area (Å²) in [6, 6.07) is 8.97. The lowest BCUT2D eigenvalue weighted by atomic mass is 9.73. The molecular weight excluding hydrogens is 374 g/mol. The van der Waals surface area contributed by atoms with Gasteiger partial charge in [0.2, 0.25) is 0 Å². The van der Waals surface area contributed by atoms with E-state index in [0.717, 1.165) is 44.1 Å². The number of anilines is 1. The molecule has 2 fully saturated rings. The summed E-state index contributed by atoms with van der Waals surface area (Å²) in [5, 5.41) is 3.99. The van der Waals surface area contributed by atoms with Crippen LogP contribution in [0.4, 0.5) is 5.69 Å². The SMILES string of the molecule is Cc1ccc2c(c1)C1(CCN(C(C)C3CCCC3)CC1)CN2C(=O)c1cc(C)on1. The Kier molecular flexibility index (Phi) is 4.97. The van der Waals surface area contributed by atoms with Gasteiger partial charge in [0, 0.05) is 29.8 Å². The number of carbonyl (C=O) groups is 1. The highest BCUT2D eigenvalue weighted by Crippen LogP contribution is 2.48. The minimum absolute atomic E-state index is 0.0458. The van der Waals surface area contributed by atoms with E-state index in [9.17, 15) is 4.79 Å². The van der Waals surface area contributed by atoms with E-state index in [1.54, 1.807) is 6.07 Å². The summed E-state index contributed by atoms with van der Waals surface area (Å²) >= 11 is 0. The molecule has 160 valence electrons. The first-order chi connectivity index (χ1) is 14.5. The minimum Gasteiger partial charge on any atom is -0.361 e. The van der Waals surface area contributed by atoms with Crippen LogP contribution in [0.3, 0.4) is 0 Å². The topological polar surface area (TPSA) is 49.6 Å². The van der Waals surface area contributed by atoms with Crippen molar-refractivity contribution < 1.29 is 9.32 Å². The number of fused-ring (bicyclic) bond motifs is 2. The van der Waals surface area contributed by atoms with Crippen LogP contribution in [-0.2, 0) is 5.41 Å². The quantitative estimate of drug-likeness (QED) is 0.729. The van der Waals surface area contributed by atoms with Crippen molar-refractivity contribution in [3.63, 3.8) is 0 Å². The number of hydrogen-bond acceptors (Lipinski definition) is 4. The molecule has 1 atom stereocenters. The third kappa shape index (κ3) is 3.27. The van der Waals surface area contributed by atoms with Crippen LogP contribution in [0.25, 0.3) is 0 Å². The lowest BCUT2D eigenvalue weighted by Crippen LogP contribution is -2.50. The van der Waals surface area contributed by atoms with E-state index in [2.05, 4.69) is 42.1 Å². The number of benzene rings is 1. The molecule has 3 aliphatic rings. The van der Waals surface area contributed by atoms with Gasteiger partial charge in [-0.2, -0.15) is 0 Å². The Balaban J connectivity index is 1.39. The molecule has 5 nitrogen and oxygen atoms in total. The first-order valence-electron chi connectivity index (χ1n) is 11.6. The van der Waals surface area contributed by atoms with Crippen molar-refractivity contribution in [2.24, 2.45) is 5.92 Å². The van der Waals surface area contributed by atoms with Gasteiger partial charge in [0.1, 0.15) is 5.76 Å². The maximum Gasteiger partial charge on any atom is 0.280 e. The molecule has 0 N–H and O–H groups in total. The average Bonchev–Trinajstić information content (AvgIpc) is 3.48. The van der Waals surface area contributed by atoms with Crippen LogP contribution in [-0.4, -0.2) is 41.6 Å². The molecule has 1 aromatic heterocycles. The molecule has 2 aromatic rings. The first kappa shape index (κ1) is 19.8. The number of rotatable bonds is 3. The summed E-state index contributed by atoms with van der Waals surface area (Å²) < 4.78 is 5.17. The number of likely N-dealkylation sites (tertiary alicyclic amines) is 1. The molecule has 1 saturated heterocycles.